The molecule has 10 nitrogen and oxygen atoms in total. The van der Waals surface area contributed by atoms with Crippen LogP contribution >= 0.6 is 0 Å². The van der Waals surface area contributed by atoms with Crippen LogP contribution in [-0.2, 0) is 33.0 Å². The lowest BCUT2D eigenvalue weighted by atomic mass is 9.82. The number of hydrogen-bond donors (Lipinski definition) is 2. The van der Waals surface area contributed by atoms with Crippen LogP contribution in [0.2, 0.25) is 18.6 Å². The Balaban J connectivity index is 1.14. The van der Waals surface area contributed by atoms with Gasteiger partial charge in [0.05, 0.1) is 36.6 Å². The average Bonchev–Trinajstić information content (AvgIpc) is 3.71. The van der Waals surface area contributed by atoms with Crippen LogP contribution in [0.15, 0.2) is 85.1 Å². The van der Waals surface area contributed by atoms with Crippen molar-refractivity contribution in [2.24, 2.45) is 5.92 Å². The van der Waals surface area contributed by atoms with Crippen molar-refractivity contribution in [3.63, 3.8) is 0 Å². The lowest BCUT2D eigenvalue weighted by Crippen LogP contribution is -2.46. The number of rotatable bonds is 10. The summed E-state index contributed by atoms with van der Waals surface area (Å²) in [4.78, 5) is 41.8. The molecule has 4 heterocycles. The molecule has 1 aromatic heterocycles. The summed E-state index contributed by atoms with van der Waals surface area (Å²) in [6, 6.07) is 25.4. The number of β-lactam (4-membered cyclic amide) rings is 1. The number of ether oxygens (including phenoxy) is 1. The number of aliphatic hydroxyl groups is 1. The van der Waals surface area contributed by atoms with Crippen LogP contribution in [0.25, 0.3) is 0 Å². The summed E-state index contributed by atoms with van der Waals surface area (Å²) in [6.07, 6.45) is 2.60. The van der Waals surface area contributed by atoms with Crippen molar-refractivity contribution >= 4 is 31.5 Å². The SMILES string of the molecule is C[C@H]1[C@H]([Si](C)(C)O)[C@@H](CCn2cc(C(CO)c3ccccc3)nn2)O[C@]12C(=O)N(Cc1ccc(N3CCC3=O)cc1)c1ccccc12. The number of benzene rings is 3. The van der Waals surface area contributed by atoms with Crippen LogP contribution < -0.4 is 9.80 Å². The molecule has 7 rings (SSSR count). The summed E-state index contributed by atoms with van der Waals surface area (Å²) in [5.74, 6) is -0.530. The number of fused-ring (bicyclic) bond motifs is 2. The Morgan fingerprint density at radius 1 is 1.02 bits per heavy atom. The number of aryl methyl sites for hydroxylation is 1. The molecule has 47 heavy (non-hydrogen) atoms. The Hall–Kier alpha value is -4.16. The highest BCUT2D eigenvalue weighted by atomic mass is 28.4. The number of amides is 2. The maximum absolute atomic E-state index is 14.6. The van der Waals surface area contributed by atoms with E-state index >= 15 is 0 Å². The van der Waals surface area contributed by atoms with E-state index in [9.17, 15) is 19.5 Å². The van der Waals surface area contributed by atoms with Crippen molar-refractivity contribution in [2.75, 3.05) is 23.0 Å². The Morgan fingerprint density at radius 2 is 1.74 bits per heavy atom. The van der Waals surface area contributed by atoms with Crippen LogP contribution in [0.3, 0.4) is 0 Å². The highest BCUT2D eigenvalue weighted by molar-refractivity contribution is 6.71. The first-order valence-corrected chi connectivity index (χ1v) is 19.4. The fourth-order valence-corrected chi connectivity index (χ4v) is 10.5. The largest absolute Gasteiger partial charge is 0.432 e. The van der Waals surface area contributed by atoms with E-state index in [-0.39, 0.29) is 41.9 Å². The fraction of sp³-hybridized carbons (Fsp3) is 0.389. The van der Waals surface area contributed by atoms with Crippen LogP contribution in [0, 0.1) is 5.92 Å². The van der Waals surface area contributed by atoms with E-state index in [1.54, 1.807) is 9.58 Å². The minimum Gasteiger partial charge on any atom is -0.432 e. The van der Waals surface area contributed by atoms with Gasteiger partial charge in [0, 0.05) is 48.4 Å². The predicted molar refractivity (Wildman–Crippen MR) is 180 cm³/mol. The first-order chi connectivity index (χ1) is 22.6. The summed E-state index contributed by atoms with van der Waals surface area (Å²) < 4.78 is 8.72. The van der Waals surface area contributed by atoms with E-state index in [1.807, 2.05) is 110 Å². The topological polar surface area (TPSA) is 121 Å². The number of anilines is 2. The Bertz CT molecular complexity index is 1770. The molecule has 4 aromatic rings. The molecule has 1 spiro atoms. The molecule has 3 aliphatic rings. The van der Waals surface area contributed by atoms with E-state index in [1.165, 1.54) is 0 Å². The van der Waals surface area contributed by atoms with Crippen LogP contribution in [0.4, 0.5) is 11.4 Å². The van der Waals surface area contributed by atoms with Crippen LogP contribution in [0.5, 0.6) is 0 Å². The number of aliphatic hydroxyl groups excluding tert-OH is 1. The third kappa shape index (κ3) is 5.40. The Labute approximate surface area is 275 Å². The van der Waals surface area contributed by atoms with Crippen molar-refractivity contribution in [2.45, 2.75) is 69.1 Å². The number of nitrogens with zero attached hydrogens (tertiary/aromatic N) is 5. The van der Waals surface area contributed by atoms with Crippen molar-refractivity contribution < 1.29 is 24.2 Å². The van der Waals surface area contributed by atoms with Crippen LogP contribution in [0.1, 0.15) is 48.1 Å². The van der Waals surface area contributed by atoms with Crippen molar-refractivity contribution in [1.29, 1.82) is 0 Å². The number of carbonyl (C=O) groups excluding carboxylic acids is 2. The average molecular weight is 652 g/mol. The lowest BCUT2D eigenvalue weighted by Gasteiger charge is -2.32. The smallest absolute Gasteiger partial charge is 0.264 e. The van der Waals surface area contributed by atoms with Gasteiger partial charge in [-0.3, -0.25) is 14.3 Å². The molecule has 3 aliphatic heterocycles. The summed E-state index contributed by atoms with van der Waals surface area (Å²) >= 11 is 0. The normalized spacial score (nSPS) is 24.6. The number of para-hydroxylation sites is 1. The van der Waals surface area contributed by atoms with Gasteiger partial charge in [0.1, 0.15) is 0 Å². The molecule has 0 aliphatic carbocycles. The quantitative estimate of drug-likeness (QED) is 0.190. The van der Waals surface area contributed by atoms with E-state index in [0.717, 1.165) is 34.6 Å². The molecule has 0 radical (unpaired) electrons. The van der Waals surface area contributed by atoms with Gasteiger partial charge in [-0.05, 0) is 48.8 Å². The highest BCUT2D eigenvalue weighted by Gasteiger charge is 2.66. The molecule has 2 N–H and O–H groups in total. The van der Waals surface area contributed by atoms with E-state index in [0.29, 0.717) is 31.6 Å². The molecule has 11 heteroatoms. The minimum atomic E-state index is -2.82. The van der Waals surface area contributed by atoms with Gasteiger partial charge < -0.3 is 24.4 Å². The Kier molecular flexibility index (Phi) is 8.11. The van der Waals surface area contributed by atoms with E-state index < -0.39 is 13.9 Å². The minimum absolute atomic E-state index is 0.0822. The van der Waals surface area contributed by atoms with Crippen molar-refractivity contribution in [3.05, 3.63) is 107 Å². The zero-order valence-electron chi connectivity index (χ0n) is 27.0. The number of carbonyl (C=O) groups is 2. The van der Waals surface area contributed by atoms with Gasteiger partial charge in [0.2, 0.25) is 5.91 Å². The second-order valence-electron chi connectivity index (χ2n) is 13.6. The van der Waals surface area contributed by atoms with Gasteiger partial charge in [-0.25, -0.2) is 0 Å². The standard InChI is InChI=1S/C36H41N5O5Si/c1-24-34(47(2,3)45)32(17-19-39-22-30(37-38-39)28(23-42)26-9-5-4-6-10-26)46-36(24)29-11-7-8-12-31(29)41(35(36)44)21-25-13-15-27(16-14-25)40-20-18-33(40)43/h4-16,22,24,28,32,34,42,45H,17-21,23H2,1-3H3/t24-,28?,32+,34-,36+/m0/s1. The highest BCUT2D eigenvalue weighted by Crippen LogP contribution is 2.59. The third-order valence-corrected chi connectivity index (χ3v) is 12.8. The molecule has 2 fully saturated rings. The fourth-order valence-electron chi connectivity index (χ4n) is 7.91. The molecule has 3 aromatic carbocycles. The monoisotopic (exact) mass is 651 g/mol. The van der Waals surface area contributed by atoms with Crippen LogP contribution in [-0.4, -0.2) is 64.3 Å². The first-order valence-electron chi connectivity index (χ1n) is 16.4. The maximum Gasteiger partial charge on any atom is 0.264 e. The first kappa shape index (κ1) is 31.4. The van der Waals surface area contributed by atoms with Gasteiger partial charge in [0.15, 0.2) is 13.9 Å². The van der Waals surface area contributed by atoms with Gasteiger partial charge in [0.25, 0.3) is 5.91 Å². The molecule has 2 amide bonds. The molecular weight excluding hydrogens is 611 g/mol. The van der Waals surface area contributed by atoms with Gasteiger partial charge in [-0.15, -0.1) is 5.10 Å². The number of aromatic nitrogens is 3. The Morgan fingerprint density at radius 3 is 2.40 bits per heavy atom. The maximum atomic E-state index is 14.6. The molecule has 5 atom stereocenters. The second-order valence-corrected chi connectivity index (χ2v) is 17.5. The van der Waals surface area contributed by atoms with E-state index in [2.05, 4.69) is 10.3 Å². The molecular formula is C36H41N5O5Si. The zero-order chi connectivity index (χ0) is 32.9. The predicted octanol–water partition coefficient (Wildman–Crippen LogP) is 4.57. The van der Waals surface area contributed by atoms with Crippen molar-refractivity contribution in [1.82, 2.24) is 15.0 Å². The summed E-state index contributed by atoms with van der Waals surface area (Å²) in [5, 5.41) is 18.9. The molecule has 0 saturated carbocycles. The zero-order valence-corrected chi connectivity index (χ0v) is 28.0. The van der Waals surface area contributed by atoms with Crippen molar-refractivity contribution in [3.8, 4) is 0 Å². The molecule has 2 saturated heterocycles. The molecule has 0 bridgehead atoms. The van der Waals surface area contributed by atoms with Gasteiger partial charge >= 0.3 is 0 Å². The summed E-state index contributed by atoms with van der Waals surface area (Å²) in [6.45, 7) is 7.40. The molecule has 1 unspecified atom stereocenters. The van der Waals surface area contributed by atoms with Gasteiger partial charge in [-0.2, -0.15) is 0 Å². The second kappa shape index (κ2) is 12.1. The number of hydrogen-bond acceptors (Lipinski definition) is 7. The summed E-state index contributed by atoms with van der Waals surface area (Å²) in [5.41, 5.74) is 3.71. The lowest BCUT2D eigenvalue weighted by molar-refractivity contribution is -0.146. The molecule has 244 valence electrons. The third-order valence-electron chi connectivity index (χ3n) is 10.3. The van der Waals surface area contributed by atoms with Gasteiger partial charge in [-0.1, -0.05) is 72.8 Å². The summed E-state index contributed by atoms with van der Waals surface area (Å²) in [7, 11) is -2.82. The van der Waals surface area contributed by atoms with E-state index in [4.69, 9.17) is 4.74 Å².